The van der Waals surface area contributed by atoms with Gasteiger partial charge in [0.15, 0.2) is 0 Å². The molecule has 0 heterocycles. The van der Waals surface area contributed by atoms with Gasteiger partial charge in [-0.05, 0) is 34.7 Å². The Balaban J connectivity index is 0. The van der Waals surface area contributed by atoms with Crippen molar-refractivity contribution in [3.05, 3.63) is 0 Å². The van der Waals surface area contributed by atoms with Gasteiger partial charge < -0.3 is 9.47 Å². The van der Waals surface area contributed by atoms with Crippen molar-refractivity contribution in [2.75, 3.05) is 20.9 Å². The van der Waals surface area contributed by atoms with E-state index in [-0.39, 0.29) is 18.6 Å². The molecule has 0 aliphatic carbocycles. The van der Waals surface area contributed by atoms with Crippen LogP contribution in [0.25, 0.3) is 0 Å². The van der Waals surface area contributed by atoms with Gasteiger partial charge in [-0.15, -0.1) is 0 Å². The van der Waals surface area contributed by atoms with Crippen LogP contribution >= 0.6 is 0 Å². The maximum atomic E-state index is 5.60. The number of ether oxygens (including phenoxy) is 2. The zero-order chi connectivity index (χ0) is 9.83. The minimum absolute atomic E-state index is 0. The number of rotatable bonds is 5. The van der Waals surface area contributed by atoms with E-state index in [2.05, 4.69) is 5.32 Å². The van der Waals surface area contributed by atoms with E-state index >= 15 is 0 Å². The Kier molecular flexibility index (Phi) is 6.59. The summed E-state index contributed by atoms with van der Waals surface area (Å²) in [5.41, 5.74) is -0.561. The SMILES string of the molecule is C.CNCOC(C)(C)C(C)(C)OC. The van der Waals surface area contributed by atoms with Crippen LogP contribution in [-0.4, -0.2) is 32.1 Å². The average Bonchev–Trinajstić information content (AvgIpc) is 2.00. The first-order valence-electron chi connectivity index (χ1n) is 4.21. The van der Waals surface area contributed by atoms with E-state index in [0.29, 0.717) is 6.73 Å². The molecule has 13 heavy (non-hydrogen) atoms. The lowest BCUT2D eigenvalue weighted by Gasteiger charge is -2.39. The molecule has 0 saturated heterocycles. The fraction of sp³-hybridized carbons (Fsp3) is 1.00. The average molecular weight is 191 g/mol. The molecule has 0 radical (unpaired) electrons. The molecular formula is C10H25NO2. The molecule has 0 spiro atoms. The van der Waals surface area contributed by atoms with Crippen molar-refractivity contribution in [1.29, 1.82) is 0 Å². The van der Waals surface area contributed by atoms with Crippen LogP contribution in [-0.2, 0) is 9.47 Å². The standard InChI is InChI=1S/C9H21NO2.CH4/c1-8(2,11-6)9(3,4)12-7-10-5;/h10H,7H2,1-6H3;1H4. The van der Waals surface area contributed by atoms with Gasteiger partial charge in [0.2, 0.25) is 0 Å². The minimum Gasteiger partial charge on any atom is -0.376 e. The van der Waals surface area contributed by atoms with E-state index in [1.54, 1.807) is 7.11 Å². The molecule has 0 amide bonds. The van der Waals surface area contributed by atoms with Crippen LogP contribution in [0, 0.1) is 0 Å². The smallest absolute Gasteiger partial charge is 0.0971 e. The van der Waals surface area contributed by atoms with Crippen molar-refractivity contribution < 1.29 is 9.47 Å². The topological polar surface area (TPSA) is 30.5 Å². The first-order valence-corrected chi connectivity index (χ1v) is 4.21. The Hall–Kier alpha value is -0.120. The quantitative estimate of drug-likeness (QED) is 0.674. The molecule has 82 valence electrons. The predicted octanol–water partition coefficient (Wildman–Crippen LogP) is 2.02. The molecule has 0 atom stereocenters. The summed E-state index contributed by atoms with van der Waals surface area (Å²) in [5.74, 6) is 0. The Morgan fingerprint density at radius 2 is 1.54 bits per heavy atom. The van der Waals surface area contributed by atoms with Crippen LogP contribution in [0.4, 0.5) is 0 Å². The van der Waals surface area contributed by atoms with E-state index in [0.717, 1.165) is 0 Å². The first-order chi connectivity index (χ1) is 5.37. The Labute approximate surface area is 82.8 Å². The fourth-order valence-electron chi connectivity index (χ4n) is 0.672. The Morgan fingerprint density at radius 3 is 1.85 bits per heavy atom. The van der Waals surface area contributed by atoms with Gasteiger partial charge in [0.1, 0.15) is 0 Å². The van der Waals surface area contributed by atoms with E-state index in [1.165, 1.54) is 0 Å². The van der Waals surface area contributed by atoms with Crippen molar-refractivity contribution in [1.82, 2.24) is 5.32 Å². The predicted molar refractivity (Wildman–Crippen MR) is 56.9 cm³/mol. The van der Waals surface area contributed by atoms with Gasteiger partial charge in [0.25, 0.3) is 0 Å². The van der Waals surface area contributed by atoms with Crippen molar-refractivity contribution >= 4 is 0 Å². The van der Waals surface area contributed by atoms with Gasteiger partial charge in [-0.1, -0.05) is 7.43 Å². The highest BCUT2D eigenvalue weighted by molar-refractivity contribution is 4.88. The summed E-state index contributed by atoms with van der Waals surface area (Å²) in [4.78, 5) is 0. The van der Waals surface area contributed by atoms with E-state index in [4.69, 9.17) is 9.47 Å². The fourth-order valence-corrected chi connectivity index (χ4v) is 0.672. The zero-order valence-corrected chi connectivity index (χ0v) is 9.02. The summed E-state index contributed by atoms with van der Waals surface area (Å²) in [6, 6.07) is 0. The number of hydrogen-bond donors (Lipinski definition) is 1. The van der Waals surface area contributed by atoms with E-state index < -0.39 is 0 Å². The molecule has 0 unspecified atom stereocenters. The van der Waals surface area contributed by atoms with Crippen molar-refractivity contribution in [3.8, 4) is 0 Å². The van der Waals surface area contributed by atoms with Gasteiger partial charge in [0.05, 0.1) is 17.9 Å². The largest absolute Gasteiger partial charge is 0.376 e. The molecule has 0 aliphatic rings. The monoisotopic (exact) mass is 191 g/mol. The van der Waals surface area contributed by atoms with Crippen LogP contribution in [0.2, 0.25) is 0 Å². The molecule has 0 aliphatic heterocycles. The van der Waals surface area contributed by atoms with E-state index in [1.807, 2.05) is 34.7 Å². The third kappa shape index (κ3) is 4.07. The van der Waals surface area contributed by atoms with Crippen molar-refractivity contribution in [3.63, 3.8) is 0 Å². The molecule has 0 aromatic carbocycles. The second-order valence-electron chi connectivity index (χ2n) is 3.87. The van der Waals surface area contributed by atoms with E-state index in [9.17, 15) is 0 Å². The van der Waals surface area contributed by atoms with Gasteiger partial charge in [0, 0.05) is 7.11 Å². The van der Waals surface area contributed by atoms with Crippen molar-refractivity contribution in [2.45, 2.75) is 46.3 Å². The summed E-state index contributed by atoms with van der Waals surface area (Å²) < 4.78 is 10.9. The summed E-state index contributed by atoms with van der Waals surface area (Å²) in [7, 11) is 3.56. The van der Waals surface area contributed by atoms with Crippen LogP contribution < -0.4 is 5.32 Å². The molecule has 0 aromatic rings. The van der Waals surface area contributed by atoms with Gasteiger partial charge in [-0.2, -0.15) is 0 Å². The van der Waals surface area contributed by atoms with Gasteiger partial charge in [-0.3, -0.25) is 5.32 Å². The summed E-state index contributed by atoms with van der Waals surface area (Å²) >= 11 is 0. The molecule has 3 heteroatoms. The Morgan fingerprint density at radius 1 is 1.08 bits per heavy atom. The van der Waals surface area contributed by atoms with Crippen molar-refractivity contribution in [2.24, 2.45) is 0 Å². The summed E-state index contributed by atoms with van der Waals surface area (Å²) in [6.07, 6.45) is 0. The second-order valence-corrected chi connectivity index (χ2v) is 3.87. The molecule has 0 fully saturated rings. The Bertz CT molecular complexity index is 133. The van der Waals surface area contributed by atoms with Crippen LogP contribution in [0.15, 0.2) is 0 Å². The highest BCUT2D eigenvalue weighted by Gasteiger charge is 2.37. The number of hydrogen-bond acceptors (Lipinski definition) is 3. The second kappa shape index (κ2) is 5.58. The maximum Gasteiger partial charge on any atom is 0.0971 e. The van der Waals surface area contributed by atoms with Gasteiger partial charge in [-0.25, -0.2) is 0 Å². The maximum absolute atomic E-state index is 5.60. The van der Waals surface area contributed by atoms with Crippen LogP contribution in [0.3, 0.4) is 0 Å². The molecule has 0 rings (SSSR count). The number of methoxy groups -OCH3 is 1. The lowest BCUT2D eigenvalue weighted by Crippen LogP contribution is -2.49. The lowest BCUT2D eigenvalue weighted by atomic mass is 9.89. The van der Waals surface area contributed by atoms with Crippen LogP contribution in [0.5, 0.6) is 0 Å². The lowest BCUT2D eigenvalue weighted by molar-refractivity contribution is -0.165. The molecule has 0 saturated carbocycles. The third-order valence-corrected chi connectivity index (χ3v) is 2.54. The highest BCUT2D eigenvalue weighted by atomic mass is 16.6. The minimum atomic E-state index is -0.287. The molecular weight excluding hydrogens is 166 g/mol. The molecule has 0 aromatic heterocycles. The molecule has 3 nitrogen and oxygen atoms in total. The number of nitrogens with one attached hydrogen (secondary N) is 1. The summed E-state index contributed by atoms with van der Waals surface area (Å²) in [6.45, 7) is 8.62. The highest BCUT2D eigenvalue weighted by Crippen LogP contribution is 2.27. The normalized spacial score (nSPS) is 12.5. The third-order valence-electron chi connectivity index (χ3n) is 2.54. The summed E-state index contributed by atoms with van der Waals surface area (Å²) in [5, 5.41) is 2.94. The zero-order valence-electron chi connectivity index (χ0n) is 9.02. The molecule has 1 N–H and O–H groups in total. The first kappa shape index (κ1) is 15.4. The molecule has 0 bridgehead atoms. The van der Waals surface area contributed by atoms with Crippen LogP contribution in [0.1, 0.15) is 35.1 Å². The van der Waals surface area contributed by atoms with Gasteiger partial charge >= 0.3 is 0 Å².